The van der Waals surface area contributed by atoms with Gasteiger partial charge in [0.05, 0.1) is 6.10 Å². The number of hydrogen-bond donors (Lipinski definition) is 1. The molecule has 4 atom stereocenters. The Morgan fingerprint density at radius 2 is 1.67 bits per heavy atom. The van der Waals surface area contributed by atoms with Gasteiger partial charge in [-0.15, -0.1) is 0 Å². The number of hydrogen-bond acceptors (Lipinski definition) is 2. The van der Waals surface area contributed by atoms with Gasteiger partial charge in [-0.2, -0.15) is 0 Å². The molecule has 1 heterocycles. The summed E-state index contributed by atoms with van der Waals surface area (Å²) < 4.78 is 0. The normalized spacial score (nSPS) is 47.0. The Balaban J connectivity index is 1.73. The van der Waals surface area contributed by atoms with Crippen molar-refractivity contribution in [3.05, 3.63) is 0 Å². The van der Waals surface area contributed by atoms with Crippen LogP contribution in [0.4, 0.5) is 0 Å². The molecule has 2 aliphatic carbocycles. The lowest BCUT2D eigenvalue weighted by Gasteiger charge is -2.47. The van der Waals surface area contributed by atoms with Crippen LogP contribution in [0.1, 0.15) is 44.9 Å². The fourth-order valence-electron chi connectivity index (χ4n) is 4.17. The third-order valence-corrected chi connectivity index (χ3v) is 4.97. The lowest BCUT2D eigenvalue weighted by Crippen LogP contribution is -2.51. The van der Waals surface area contributed by atoms with Crippen molar-refractivity contribution in [2.24, 2.45) is 11.8 Å². The van der Waals surface area contributed by atoms with E-state index in [0.717, 1.165) is 6.04 Å². The summed E-state index contributed by atoms with van der Waals surface area (Å²) in [5.41, 5.74) is 0. The molecule has 2 heteroatoms. The van der Waals surface area contributed by atoms with Crippen molar-refractivity contribution in [2.75, 3.05) is 13.1 Å². The Morgan fingerprint density at radius 1 is 0.867 bits per heavy atom. The molecule has 1 saturated heterocycles. The van der Waals surface area contributed by atoms with Gasteiger partial charge in [0, 0.05) is 12.0 Å². The molecule has 3 fully saturated rings. The summed E-state index contributed by atoms with van der Waals surface area (Å²) in [7, 11) is 0. The Labute approximate surface area is 92.7 Å². The van der Waals surface area contributed by atoms with E-state index in [4.69, 9.17) is 0 Å². The van der Waals surface area contributed by atoms with Crippen LogP contribution in [-0.4, -0.2) is 35.2 Å². The SMILES string of the molecule is O[C@@H]1[C@H]2CCC[C@H]1[C@H](N1CCCC1)CC2. The predicted molar refractivity (Wildman–Crippen MR) is 60.7 cm³/mol. The van der Waals surface area contributed by atoms with Gasteiger partial charge >= 0.3 is 0 Å². The molecule has 1 N–H and O–H groups in total. The minimum absolute atomic E-state index is 0.0260. The molecule has 0 unspecified atom stereocenters. The van der Waals surface area contributed by atoms with Crippen molar-refractivity contribution in [1.82, 2.24) is 4.90 Å². The molecule has 86 valence electrons. The zero-order chi connectivity index (χ0) is 10.3. The number of aliphatic hydroxyl groups excluding tert-OH is 1. The van der Waals surface area contributed by atoms with Crippen LogP contribution in [0.25, 0.3) is 0 Å². The molecule has 1 aliphatic heterocycles. The van der Waals surface area contributed by atoms with Crippen LogP contribution in [0, 0.1) is 11.8 Å². The minimum atomic E-state index is 0.0260. The van der Waals surface area contributed by atoms with E-state index in [1.165, 1.54) is 58.0 Å². The topological polar surface area (TPSA) is 23.5 Å². The maximum absolute atomic E-state index is 10.3. The number of aliphatic hydroxyl groups is 1. The van der Waals surface area contributed by atoms with E-state index in [0.29, 0.717) is 11.8 Å². The maximum Gasteiger partial charge on any atom is 0.0611 e. The first kappa shape index (κ1) is 10.1. The molecule has 0 amide bonds. The largest absolute Gasteiger partial charge is 0.392 e. The third kappa shape index (κ3) is 1.72. The van der Waals surface area contributed by atoms with E-state index in [2.05, 4.69) is 4.90 Å². The second kappa shape index (κ2) is 4.06. The summed E-state index contributed by atoms with van der Waals surface area (Å²) in [6, 6.07) is 0.721. The molecule has 0 aromatic rings. The van der Waals surface area contributed by atoms with E-state index in [9.17, 15) is 5.11 Å². The van der Waals surface area contributed by atoms with Gasteiger partial charge in [0.1, 0.15) is 0 Å². The van der Waals surface area contributed by atoms with Crippen LogP contribution in [0.15, 0.2) is 0 Å². The highest BCUT2D eigenvalue weighted by molar-refractivity contribution is 4.96. The Morgan fingerprint density at radius 3 is 2.47 bits per heavy atom. The Bertz CT molecular complexity index is 225. The molecule has 2 bridgehead atoms. The molecule has 0 aromatic carbocycles. The van der Waals surface area contributed by atoms with E-state index in [1.807, 2.05) is 0 Å². The predicted octanol–water partition coefficient (Wildman–Crippen LogP) is 2.02. The summed E-state index contributed by atoms with van der Waals surface area (Å²) in [4.78, 5) is 2.66. The van der Waals surface area contributed by atoms with Gasteiger partial charge in [-0.1, -0.05) is 6.42 Å². The fraction of sp³-hybridized carbons (Fsp3) is 1.00. The first-order valence-electron chi connectivity index (χ1n) is 6.78. The van der Waals surface area contributed by atoms with Crippen molar-refractivity contribution in [1.29, 1.82) is 0 Å². The molecule has 2 saturated carbocycles. The van der Waals surface area contributed by atoms with Gasteiger partial charge in [-0.25, -0.2) is 0 Å². The lowest BCUT2D eigenvalue weighted by molar-refractivity contribution is -0.0580. The second-order valence-corrected chi connectivity index (χ2v) is 5.73. The van der Waals surface area contributed by atoms with E-state index in [1.54, 1.807) is 0 Å². The zero-order valence-corrected chi connectivity index (χ0v) is 9.57. The van der Waals surface area contributed by atoms with Crippen LogP contribution < -0.4 is 0 Å². The number of fused-ring (bicyclic) bond motifs is 2. The van der Waals surface area contributed by atoms with Crippen LogP contribution in [0.3, 0.4) is 0 Å². The van der Waals surface area contributed by atoms with Crippen LogP contribution in [0.2, 0.25) is 0 Å². The van der Waals surface area contributed by atoms with Crippen LogP contribution >= 0.6 is 0 Å². The lowest BCUT2D eigenvalue weighted by atomic mass is 9.67. The van der Waals surface area contributed by atoms with Gasteiger partial charge in [-0.3, -0.25) is 0 Å². The Hall–Kier alpha value is -0.0800. The van der Waals surface area contributed by atoms with E-state index < -0.39 is 0 Å². The van der Waals surface area contributed by atoms with Gasteiger partial charge < -0.3 is 10.0 Å². The molecule has 15 heavy (non-hydrogen) atoms. The van der Waals surface area contributed by atoms with Crippen molar-refractivity contribution >= 4 is 0 Å². The molecule has 3 aliphatic rings. The third-order valence-electron chi connectivity index (χ3n) is 4.97. The van der Waals surface area contributed by atoms with Crippen molar-refractivity contribution in [2.45, 2.75) is 57.1 Å². The highest BCUT2D eigenvalue weighted by Gasteiger charge is 2.43. The summed E-state index contributed by atoms with van der Waals surface area (Å²) in [6.07, 6.45) is 9.33. The second-order valence-electron chi connectivity index (χ2n) is 5.73. The van der Waals surface area contributed by atoms with Crippen LogP contribution in [-0.2, 0) is 0 Å². The maximum atomic E-state index is 10.3. The quantitative estimate of drug-likeness (QED) is 0.714. The number of rotatable bonds is 1. The summed E-state index contributed by atoms with van der Waals surface area (Å²) in [5.74, 6) is 1.25. The van der Waals surface area contributed by atoms with Gasteiger partial charge in [0.2, 0.25) is 0 Å². The average Bonchev–Trinajstić information content (AvgIpc) is 2.70. The zero-order valence-electron chi connectivity index (χ0n) is 9.57. The Kier molecular flexibility index (Phi) is 2.73. The molecular weight excluding hydrogens is 186 g/mol. The summed E-state index contributed by atoms with van der Waals surface area (Å²) in [5, 5.41) is 10.3. The standard InChI is InChI=1S/C13H23NO/c15-13-10-4-3-5-11(13)12(7-6-10)14-8-1-2-9-14/h10-13,15H,1-9H2/t10-,11-,12+,13+/m0/s1. The van der Waals surface area contributed by atoms with Gasteiger partial charge in [-0.05, 0) is 57.5 Å². The molecule has 0 spiro atoms. The molecular formula is C13H23NO. The monoisotopic (exact) mass is 209 g/mol. The van der Waals surface area contributed by atoms with Crippen molar-refractivity contribution in [3.63, 3.8) is 0 Å². The smallest absolute Gasteiger partial charge is 0.0611 e. The molecule has 2 nitrogen and oxygen atoms in total. The minimum Gasteiger partial charge on any atom is -0.392 e. The number of nitrogens with zero attached hydrogens (tertiary/aromatic N) is 1. The number of likely N-dealkylation sites (tertiary alicyclic amines) is 1. The van der Waals surface area contributed by atoms with Gasteiger partial charge in [0.15, 0.2) is 0 Å². The molecule has 0 radical (unpaired) electrons. The first-order chi connectivity index (χ1) is 7.36. The highest BCUT2D eigenvalue weighted by atomic mass is 16.3. The first-order valence-corrected chi connectivity index (χ1v) is 6.78. The summed E-state index contributed by atoms with van der Waals surface area (Å²) in [6.45, 7) is 2.58. The highest BCUT2D eigenvalue weighted by Crippen LogP contribution is 2.42. The molecule has 3 rings (SSSR count). The van der Waals surface area contributed by atoms with E-state index in [-0.39, 0.29) is 6.10 Å². The molecule has 0 aromatic heterocycles. The average molecular weight is 209 g/mol. The van der Waals surface area contributed by atoms with Crippen molar-refractivity contribution in [3.8, 4) is 0 Å². The van der Waals surface area contributed by atoms with Crippen LogP contribution in [0.5, 0.6) is 0 Å². The van der Waals surface area contributed by atoms with Gasteiger partial charge in [0.25, 0.3) is 0 Å². The fourth-order valence-corrected chi connectivity index (χ4v) is 4.17. The van der Waals surface area contributed by atoms with Crippen molar-refractivity contribution < 1.29 is 5.11 Å². The summed E-state index contributed by atoms with van der Waals surface area (Å²) >= 11 is 0. The van der Waals surface area contributed by atoms with E-state index >= 15 is 0 Å².